The lowest BCUT2D eigenvalue weighted by molar-refractivity contribution is 0.0791. The Hall–Kier alpha value is -3.44. The molecule has 0 unspecified atom stereocenters. The number of hydrogen-bond acceptors (Lipinski definition) is 8. The van der Waals surface area contributed by atoms with Gasteiger partial charge in [-0.25, -0.2) is 4.39 Å². The van der Waals surface area contributed by atoms with Gasteiger partial charge in [-0.05, 0) is 38.1 Å². The first-order valence-electron chi connectivity index (χ1n) is 12.5. The molecule has 0 saturated carbocycles. The van der Waals surface area contributed by atoms with Crippen molar-refractivity contribution in [1.82, 2.24) is 30.0 Å². The maximum absolute atomic E-state index is 13.9. The maximum atomic E-state index is 13.9. The number of hydrogen-bond donors (Lipinski definition) is 3. The SMILES string of the molecule is CCN1CCN(c2cc(Nc3cc(C)[nH]n3)nc(N[C@H]3CCN(C(=O)c4ccc(Cl)c(F)c4)C3)n2)CC1. The second-order valence-electron chi connectivity index (χ2n) is 9.43. The first-order valence-corrected chi connectivity index (χ1v) is 12.9. The Morgan fingerprint density at radius 2 is 1.95 bits per heavy atom. The van der Waals surface area contributed by atoms with Gasteiger partial charge in [-0.15, -0.1) is 0 Å². The van der Waals surface area contributed by atoms with Crippen LogP contribution in [0.25, 0.3) is 0 Å². The summed E-state index contributed by atoms with van der Waals surface area (Å²) >= 11 is 5.77. The summed E-state index contributed by atoms with van der Waals surface area (Å²) in [4.78, 5) is 28.8. The van der Waals surface area contributed by atoms with E-state index in [0.29, 0.717) is 30.7 Å². The molecule has 5 rings (SSSR count). The van der Waals surface area contributed by atoms with E-state index in [0.717, 1.165) is 50.7 Å². The third-order valence-corrected chi connectivity index (χ3v) is 7.10. The van der Waals surface area contributed by atoms with Gasteiger partial charge in [0.25, 0.3) is 5.91 Å². The van der Waals surface area contributed by atoms with Crippen LogP contribution in [0.5, 0.6) is 0 Å². The van der Waals surface area contributed by atoms with Crippen LogP contribution in [0.2, 0.25) is 5.02 Å². The van der Waals surface area contributed by atoms with Crippen LogP contribution in [0.4, 0.5) is 27.8 Å². The van der Waals surface area contributed by atoms with Crippen LogP contribution in [0, 0.1) is 12.7 Å². The minimum atomic E-state index is -0.599. The van der Waals surface area contributed by atoms with Gasteiger partial charge in [0.2, 0.25) is 5.95 Å². The monoisotopic (exact) mass is 527 g/mol. The average molecular weight is 528 g/mol. The number of anilines is 4. The number of carbonyl (C=O) groups excluding carboxylic acids is 1. The normalized spacial score (nSPS) is 18.3. The number of aromatic nitrogens is 4. The highest BCUT2D eigenvalue weighted by Gasteiger charge is 2.28. The lowest BCUT2D eigenvalue weighted by Crippen LogP contribution is -2.46. The molecule has 2 aliphatic rings. The fourth-order valence-electron chi connectivity index (χ4n) is 4.69. The lowest BCUT2D eigenvalue weighted by Gasteiger charge is -2.35. The van der Waals surface area contributed by atoms with E-state index in [4.69, 9.17) is 16.6 Å². The second-order valence-corrected chi connectivity index (χ2v) is 9.83. The van der Waals surface area contributed by atoms with Crippen LogP contribution in [-0.2, 0) is 0 Å². The smallest absolute Gasteiger partial charge is 0.254 e. The molecule has 3 aromatic rings. The first kappa shape index (κ1) is 25.2. The van der Waals surface area contributed by atoms with Crippen LogP contribution in [0.15, 0.2) is 30.3 Å². The Balaban J connectivity index is 1.31. The van der Waals surface area contributed by atoms with Gasteiger partial charge < -0.3 is 25.3 Å². The Labute approximate surface area is 220 Å². The van der Waals surface area contributed by atoms with Gasteiger partial charge in [0.05, 0.1) is 5.02 Å². The van der Waals surface area contributed by atoms with Gasteiger partial charge in [0, 0.05) is 68.7 Å². The van der Waals surface area contributed by atoms with E-state index < -0.39 is 5.82 Å². The van der Waals surface area contributed by atoms with Crippen molar-refractivity contribution in [3.05, 3.63) is 52.4 Å². The van der Waals surface area contributed by atoms with Crippen LogP contribution in [-0.4, -0.2) is 87.7 Å². The first-order chi connectivity index (χ1) is 17.9. The quantitative estimate of drug-likeness (QED) is 0.429. The Bertz CT molecular complexity index is 1260. The molecule has 0 radical (unpaired) electrons. The highest BCUT2D eigenvalue weighted by atomic mass is 35.5. The summed E-state index contributed by atoms with van der Waals surface area (Å²) in [5.74, 6) is 1.82. The van der Waals surface area contributed by atoms with Gasteiger partial charge in [0.15, 0.2) is 5.82 Å². The van der Waals surface area contributed by atoms with Gasteiger partial charge in [-0.1, -0.05) is 18.5 Å². The molecule has 4 heterocycles. The number of nitrogens with one attached hydrogen (secondary N) is 3. The number of piperazine rings is 1. The molecule has 3 N–H and O–H groups in total. The van der Waals surface area contributed by atoms with Crippen molar-refractivity contribution < 1.29 is 9.18 Å². The molecule has 196 valence electrons. The number of halogens is 2. The standard InChI is InChI=1S/C25H31ClFN9O/c1-3-34-8-10-35(11-9-34)23-14-21(29-22-12-16(2)32-33-22)30-25(31-23)28-18-6-7-36(15-18)24(37)17-4-5-19(26)20(27)13-17/h4-5,12-14,18H,3,6-11,15H2,1-2H3,(H3,28,29,30,31,32,33)/t18-/m0/s1. The molecule has 0 spiro atoms. The molecule has 12 heteroatoms. The molecule has 2 fully saturated rings. The van der Waals surface area contributed by atoms with E-state index in [-0.39, 0.29) is 22.5 Å². The number of amides is 1. The molecular weight excluding hydrogens is 497 g/mol. The summed E-state index contributed by atoms with van der Waals surface area (Å²) in [5.41, 5.74) is 1.23. The largest absolute Gasteiger partial charge is 0.354 e. The Morgan fingerprint density at radius 1 is 1.14 bits per heavy atom. The number of aryl methyl sites for hydroxylation is 1. The van der Waals surface area contributed by atoms with E-state index in [9.17, 15) is 9.18 Å². The van der Waals surface area contributed by atoms with Crippen molar-refractivity contribution in [2.24, 2.45) is 0 Å². The highest BCUT2D eigenvalue weighted by molar-refractivity contribution is 6.30. The molecule has 0 aliphatic carbocycles. The van der Waals surface area contributed by atoms with E-state index in [2.05, 4.69) is 42.5 Å². The zero-order valence-electron chi connectivity index (χ0n) is 21.0. The zero-order chi connectivity index (χ0) is 25.9. The van der Waals surface area contributed by atoms with Crippen molar-refractivity contribution in [3.8, 4) is 0 Å². The molecule has 1 amide bonds. The minimum Gasteiger partial charge on any atom is -0.354 e. The third kappa shape index (κ3) is 5.94. The molecule has 37 heavy (non-hydrogen) atoms. The number of likely N-dealkylation sites (N-methyl/N-ethyl adjacent to an activating group) is 1. The molecule has 1 atom stereocenters. The Morgan fingerprint density at radius 3 is 2.65 bits per heavy atom. The van der Waals surface area contributed by atoms with Gasteiger partial charge in [0.1, 0.15) is 17.5 Å². The molecule has 2 aliphatic heterocycles. The lowest BCUT2D eigenvalue weighted by atomic mass is 10.2. The van der Waals surface area contributed by atoms with Crippen LogP contribution in [0.1, 0.15) is 29.4 Å². The molecule has 2 saturated heterocycles. The summed E-state index contributed by atoms with van der Waals surface area (Å²) in [7, 11) is 0. The minimum absolute atomic E-state index is 0.0000618. The van der Waals surface area contributed by atoms with E-state index in [1.54, 1.807) is 11.0 Å². The number of aromatic amines is 1. The van der Waals surface area contributed by atoms with Crippen molar-refractivity contribution >= 4 is 40.9 Å². The maximum Gasteiger partial charge on any atom is 0.254 e. The second kappa shape index (κ2) is 10.9. The topological polar surface area (TPSA) is 105 Å². The van der Waals surface area contributed by atoms with Crippen LogP contribution >= 0.6 is 11.6 Å². The summed E-state index contributed by atoms with van der Waals surface area (Å²) in [6.45, 7) is 9.90. The van der Waals surface area contributed by atoms with Gasteiger partial charge >= 0.3 is 0 Å². The van der Waals surface area contributed by atoms with Crippen molar-refractivity contribution in [1.29, 1.82) is 0 Å². The molecule has 10 nitrogen and oxygen atoms in total. The number of benzene rings is 1. The average Bonchev–Trinajstić information content (AvgIpc) is 3.53. The molecule has 1 aromatic carbocycles. The number of carbonyl (C=O) groups is 1. The van der Waals surface area contributed by atoms with Crippen molar-refractivity contribution in [2.75, 3.05) is 61.3 Å². The number of nitrogens with zero attached hydrogens (tertiary/aromatic N) is 6. The van der Waals surface area contributed by atoms with E-state index >= 15 is 0 Å². The van der Waals surface area contributed by atoms with Gasteiger partial charge in [-0.3, -0.25) is 9.89 Å². The molecule has 0 bridgehead atoms. The fraction of sp³-hybridized carbons (Fsp3) is 0.440. The summed E-state index contributed by atoms with van der Waals surface area (Å²) in [5, 5.41) is 13.9. The summed E-state index contributed by atoms with van der Waals surface area (Å²) < 4.78 is 13.9. The van der Waals surface area contributed by atoms with Crippen LogP contribution < -0.4 is 15.5 Å². The van der Waals surface area contributed by atoms with Crippen LogP contribution in [0.3, 0.4) is 0 Å². The number of likely N-dealkylation sites (tertiary alicyclic amines) is 1. The molecule has 2 aromatic heterocycles. The summed E-state index contributed by atoms with van der Waals surface area (Å²) in [6.07, 6.45) is 0.728. The predicted octanol–water partition coefficient (Wildman–Crippen LogP) is 3.51. The highest BCUT2D eigenvalue weighted by Crippen LogP contribution is 2.25. The molecular formula is C25H31ClFN9O. The van der Waals surface area contributed by atoms with E-state index in [1.165, 1.54) is 12.1 Å². The fourth-order valence-corrected chi connectivity index (χ4v) is 4.81. The van der Waals surface area contributed by atoms with Crippen molar-refractivity contribution in [2.45, 2.75) is 26.3 Å². The Kier molecular flexibility index (Phi) is 7.43. The predicted molar refractivity (Wildman–Crippen MR) is 142 cm³/mol. The van der Waals surface area contributed by atoms with E-state index in [1.807, 2.05) is 19.1 Å². The zero-order valence-corrected chi connectivity index (χ0v) is 21.7. The number of rotatable bonds is 7. The number of H-pyrrole nitrogens is 1. The van der Waals surface area contributed by atoms with Crippen molar-refractivity contribution in [3.63, 3.8) is 0 Å². The van der Waals surface area contributed by atoms with Gasteiger partial charge in [-0.2, -0.15) is 15.1 Å². The third-order valence-electron chi connectivity index (χ3n) is 6.79. The summed E-state index contributed by atoms with van der Waals surface area (Å²) in [6, 6.07) is 7.96.